The third-order valence-electron chi connectivity index (χ3n) is 2.37. The van der Waals surface area contributed by atoms with E-state index in [4.69, 9.17) is 16.3 Å². The van der Waals surface area contributed by atoms with E-state index in [0.717, 1.165) is 24.4 Å². The topological polar surface area (TPSA) is 12.5 Å². The van der Waals surface area contributed by atoms with E-state index in [1.807, 2.05) is 6.07 Å². The van der Waals surface area contributed by atoms with Gasteiger partial charge in [-0.05, 0) is 31.0 Å². The summed E-state index contributed by atoms with van der Waals surface area (Å²) in [6, 6.07) is 6.19. The lowest BCUT2D eigenvalue weighted by atomic mass is 10.2. The highest BCUT2D eigenvalue weighted by molar-refractivity contribution is 6.17. The molecule has 0 N–H and O–H groups in total. The molecule has 0 saturated carbocycles. The Balaban J connectivity index is 2.85. The van der Waals surface area contributed by atoms with Crippen LogP contribution in [-0.2, 0) is 0 Å². The molecule has 0 spiro atoms. The highest BCUT2D eigenvalue weighted by atomic mass is 35.5. The van der Waals surface area contributed by atoms with E-state index in [1.54, 1.807) is 7.11 Å². The molecule has 1 aromatic rings. The van der Waals surface area contributed by atoms with Gasteiger partial charge in [-0.15, -0.1) is 11.6 Å². The minimum absolute atomic E-state index is 0.693. The van der Waals surface area contributed by atoms with Crippen LogP contribution < -0.4 is 9.64 Å². The van der Waals surface area contributed by atoms with Crippen LogP contribution in [0.5, 0.6) is 5.75 Å². The average molecular weight is 228 g/mol. The third kappa shape index (κ3) is 3.31. The van der Waals surface area contributed by atoms with Crippen LogP contribution in [0.1, 0.15) is 12.0 Å². The zero-order chi connectivity index (χ0) is 11.3. The second-order valence-electron chi connectivity index (χ2n) is 3.64. The molecule has 0 fully saturated rings. The maximum absolute atomic E-state index is 5.68. The lowest BCUT2D eigenvalue weighted by Crippen LogP contribution is -2.19. The number of anilines is 1. The number of hydrogen-bond acceptors (Lipinski definition) is 2. The summed E-state index contributed by atoms with van der Waals surface area (Å²) in [7, 11) is 3.76. The average Bonchev–Trinajstić information content (AvgIpc) is 2.25. The maximum Gasteiger partial charge on any atom is 0.142 e. The van der Waals surface area contributed by atoms with Crippen LogP contribution in [0.2, 0.25) is 0 Å². The van der Waals surface area contributed by atoms with Crippen molar-refractivity contribution in [2.75, 3.05) is 31.5 Å². The Hall–Kier alpha value is -0.890. The fraction of sp³-hybridized carbons (Fsp3) is 0.500. The number of hydrogen-bond donors (Lipinski definition) is 0. The maximum atomic E-state index is 5.68. The molecule has 0 heterocycles. The third-order valence-corrected chi connectivity index (χ3v) is 2.64. The van der Waals surface area contributed by atoms with Gasteiger partial charge in [0.15, 0.2) is 0 Å². The summed E-state index contributed by atoms with van der Waals surface area (Å²) in [5.74, 6) is 1.61. The SMILES string of the molecule is COc1ccc(C)cc1N(C)CCCCl. The summed E-state index contributed by atoms with van der Waals surface area (Å²) in [6.45, 7) is 3.03. The molecule has 1 rings (SSSR count). The summed E-state index contributed by atoms with van der Waals surface area (Å²) in [4.78, 5) is 2.17. The second-order valence-corrected chi connectivity index (χ2v) is 4.02. The summed E-state index contributed by atoms with van der Waals surface area (Å²) in [6.07, 6.45) is 0.981. The number of rotatable bonds is 5. The Kier molecular flexibility index (Phi) is 4.76. The molecule has 0 atom stereocenters. The van der Waals surface area contributed by atoms with Crippen LogP contribution in [0.25, 0.3) is 0 Å². The molecule has 0 aromatic heterocycles. The van der Waals surface area contributed by atoms with E-state index in [2.05, 4.69) is 31.0 Å². The van der Waals surface area contributed by atoms with Gasteiger partial charge in [-0.3, -0.25) is 0 Å². The van der Waals surface area contributed by atoms with Gasteiger partial charge in [0.25, 0.3) is 0 Å². The normalized spacial score (nSPS) is 10.1. The Morgan fingerprint density at radius 1 is 1.40 bits per heavy atom. The highest BCUT2D eigenvalue weighted by Gasteiger charge is 2.07. The molecule has 0 aliphatic rings. The summed E-state index contributed by atoms with van der Waals surface area (Å²) in [5, 5.41) is 0. The second kappa shape index (κ2) is 5.86. The monoisotopic (exact) mass is 227 g/mol. The van der Waals surface area contributed by atoms with Gasteiger partial charge in [-0.25, -0.2) is 0 Å². The van der Waals surface area contributed by atoms with Crippen molar-refractivity contribution >= 4 is 17.3 Å². The number of ether oxygens (including phenoxy) is 1. The quantitative estimate of drug-likeness (QED) is 0.717. The van der Waals surface area contributed by atoms with E-state index >= 15 is 0 Å². The Morgan fingerprint density at radius 3 is 2.73 bits per heavy atom. The molecule has 0 unspecified atom stereocenters. The zero-order valence-corrected chi connectivity index (χ0v) is 10.3. The lowest BCUT2D eigenvalue weighted by molar-refractivity contribution is 0.414. The van der Waals surface area contributed by atoms with Gasteiger partial charge in [-0.2, -0.15) is 0 Å². The number of nitrogens with zero attached hydrogens (tertiary/aromatic N) is 1. The Morgan fingerprint density at radius 2 is 2.13 bits per heavy atom. The van der Waals surface area contributed by atoms with Crippen LogP contribution >= 0.6 is 11.6 Å². The molecular formula is C12H18ClNO. The predicted molar refractivity (Wildman–Crippen MR) is 66.3 cm³/mol. The minimum atomic E-state index is 0.693. The number of alkyl halides is 1. The molecule has 0 radical (unpaired) electrons. The van der Waals surface area contributed by atoms with E-state index in [0.29, 0.717) is 5.88 Å². The number of aryl methyl sites for hydroxylation is 1. The summed E-state index contributed by atoms with van der Waals surface area (Å²) in [5.41, 5.74) is 2.37. The van der Waals surface area contributed by atoms with E-state index < -0.39 is 0 Å². The molecule has 3 heteroatoms. The van der Waals surface area contributed by atoms with E-state index in [-0.39, 0.29) is 0 Å². The van der Waals surface area contributed by atoms with Gasteiger partial charge in [0, 0.05) is 19.5 Å². The van der Waals surface area contributed by atoms with Crippen molar-refractivity contribution in [2.45, 2.75) is 13.3 Å². The van der Waals surface area contributed by atoms with Crippen LogP contribution in [-0.4, -0.2) is 26.6 Å². The molecule has 0 bridgehead atoms. The molecule has 1 aromatic carbocycles. The van der Waals surface area contributed by atoms with Crippen LogP contribution in [0.3, 0.4) is 0 Å². The molecular weight excluding hydrogens is 210 g/mol. The van der Waals surface area contributed by atoms with Gasteiger partial charge < -0.3 is 9.64 Å². The van der Waals surface area contributed by atoms with Crippen LogP contribution in [0.15, 0.2) is 18.2 Å². The molecule has 0 aliphatic heterocycles. The lowest BCUT2D eigenvalue weighted by Gasteiger charge is -2.21. The molecule has 84 valence electrons. The van der Waals surface area contributed by atoms with E-state index in [9.17, 15) is 0 Å². The van der Waals surface area contributed by atoms with Gasteiger partial charge in [0.1, 0.15) is 5.75 Å². The molecule has 2 nitrogen and oxygen atoms in total. The standard InChI is InChI=1S/C12H18ClNO/c1-10-5-6-12(15-3)11(9-10)14(2)8-4-7-13/h5-6,9H,4,7-8H2,1-3H3. The molecule has 0 saturated heterocycles. The fourth-order valence-electron chi connectivity index (χ4n) is 1.52. The number of benzene rings is 1. The Labute approximate surface area is 96.8 Å². The van der Waals surface area contributed by atoms with Gasteiger partial charge in [0.05, 0.1) is 12.8 Å². The van der Waals surface area contributed by atoms with Gasteiger partial charge >= 0.3 is 0 Å². The van der Waals surface area contributed by atoms with Crippen molar-refractivity contribution in [1.29, 1.82) is 0 Å². The van der Waals surface area contributed by atoms with E-state index in [1.165, 1.54) is 5.56 Å². The zero-order valence-electron chi connectivity index (χ0n) is 9.59. The fourth-order valence-corrected chi connectivity index (χ4v) is 1.64. The summed E-state index contributed by atoms with van der Waals surface area (Å²) < 4.78 is 5.33. The first-order chi connectivity index (χ1) is 7.19. The molecule has 0 amide bonds. The van der Waals surface area contributed by atoms with Crippen molar-refractivity contribution in [3.63, 3.8) is 0 Å². The van der Waals surface area contributed by atoms with Gasteiger partial charge in [0.2, 0.25) is 0 Å². The van der Waals surface area contributed by atoms with Crippen molar-refractivity contribution in [3.05, 3.63) is 23.8 Å². The first kappa shape index (κ1) is 12.2. The smallest absolute Gasteiger partial charge is 0.142 e. The van der Waals surface area contributed by atoms with Crippen molar-refractivity contribution in [1.82, 2.24) is 0 Å². The minimum Gasteiger partial charge on any atom is -0.495 e. The highest BCUT2D eigenvalue weighted by Crippen LogP contribution is 2.28. The van der Waals surface area contributed by atoms with Crippen molar-refractivity contribution in [2.24, 2.45) is 0 Å². The largest absolute Gasteiger partial charge is 0.495 e. The van der Waals surface area contributed by atoms with Gasteiger partial charge in [-0.1, -0.05) is 6.07 Å². The summed E-state index contributed by atoms with van der Waals surface area (Å²) >= 11 is 5.68. The Bertz CT molecular complexity index is 314. The van der Waals surface area contributed by atoms with Crippen LogP contribution in [0.4, 0.5) is 5.69 Å². The number of halogens is 1. The first-order valence-corrected chi connectivity index (χ1v) is 5.64. The van der Waals surface area contributed by atoms with Crippen molar-refractivity contribution in [3.8, 4) is 5.75 Å². The van der Waals surface area contributed by atoms with Crippen molar-refractivity contribution < 1.29 is 4.74 Å². The number of methoxy groups -OCH3 is 1. The molecule has 0 aliphatic carbocycles. The van der Waals surface area contributed by atoms with Crippen LogP contribution in [0, 0.1) is 6.92 Å². The molecule has 15 heavy (non-hydrogen) atoms. The predicted octanol–water partition coefficient (Wildman–Crippen LogP) is 3.07. The first-order valence-electron chi connectivity index (χ1n) is 5.10.